The summed E-state index contributed by atoms with van der Waals surface area (Å²) in [6, 6.07) is 1.77. The van der Waals surface area contributed by atoms with Crippen LogP contribution in [0, 0.1) is 6.92 Å². The monoisotopic (exact) mass is 223 g/mol. The fraction of sp³-hybridized carbons (Fsp3) is 0.636. The number of hydrogen-bond acceptors (Lipinski definition) is 4. The molecule has 0 aromatic carbocycles. The van der Waals surface area contributed by atoms with E-state index in [0.717, 1.165) is 13.0 Å². The van der Waals surface area contributed by atoms with Gasteiger partial charge in [-0.25, -0.2) is 4.98 Å². The Kier molecular flexibility index (Phi) is 3.56. The Morgan fingerprint density at radius 1 is 1.56 bits per heavy atom. The summed E-state index contributed by atoms with van der Waals surface area (Å²) >= 11 is 0. The Morgan fingerprint density at radius 2 is 2.44 bits per heavy atom. The molecule has 0 spiro atoms. The van der Waals surface area contributed by atoms with Crippen molar-refractivity contribution in [1.29, 1.82) is 0 Å². The molecule has 2 rings (SSSR count). The molecule has 1 atom stereocenters. The average molecular weight is 223 g/mol. The number of aromatic amines is 1. The van der Waals surface area contributed by atoms with Crippen molar-refractivity contribution in [3.8, 4) is 5.88 Å². The maximum atomic E-state index is 11.2. The molecule has 0 amide bonds. The summed E-state index contributed by atoms with van der Waals surface area (Å²) < 4.78 is 5.51. The van der Waals surface area contributed by atoms with Gasteiger partial charge in [0.05, 0.1) is 6.07 Å². The van der Waals surface area contributed by atoms with Gasteiger partial charge in [-0.2, -0.15) is 0 Å². The SMILES string of the molecule is Cc1nc(OCC2CCCCN2)cc(=O)[nH]1. The Bertz CT molecular complexity index is 396. The summed E-state index contributed by atoms with van der Waals surface area (Å²) in [5.74, 6) is 0.993. The lowest BCUT2D eigenvalue weighted by atomic mass is 10.1. The van der Waals surface area contributed by atoms with Gasteiger partial charge >= 0.3 is 0 Å². The Morgan fingerprint density at radius 3 is 3.12 bits per heavy atom. The van der Waals surface area contributed by atoms with Crippen molar-refractivity contribution in [3.63, 3.8) is 0 Å². The number of ether oxygens (including phenoxy) is 1. The van der Waals surface area contributed by atoms with E-state index < -0.39 is 0 Å². The standard InChI is InChI=1S/C11H17N3O2/c1-8-13-10(15)6-11(14-8)16-7-9-4-2-3-5-12-9/h6,9,12H,2-5,7H2,1H3,(H,13,14,15). The van der Waals surface area contributed by atoms with Gasteiger partial charge in [-0.15, -0.1) is 0 Å². The van der Waals surface area contributed by atoms with Crippen LogP contribution in [0.1, 0.15) is 25.1 Å². The highest BCUT2D eigenvalue weighted by atomic mass is 16.5. The van der Waals surface area contributed by atoms with Crippen LogP contribution in [-0.4, -0.2) is 29.2 Å². The zero-order valence-electron chi connectivity index (χ0n) is 9.45. The van der Waals surface area contributed by atoms with E-state index in [-0.39, 0.29) is 5.56 Å². The van der Waals surface area contributed by atoms with Gasteiger partial charge in [0.25, 0.3) is 5.56 Å². The normalized spacial score (nSPS) is 20.7. The van der Waals surface area contributed by atoms with E-state index in [2.05, 4.69) is 15.3 Å². The fourth-order valence-electron chi connectivity index (χ4n) is 1.88. The van der Waals surface area contributed by atoms with E-state index in [0.29, 0.717) is 24.4 Å². The van der Waals surface area contributed by atoms with Gasteiger partial charge < -0.3 is 15.0 Å². The molecule has 0 radical (unpaired) electrons. The minimum absolute atomic E-state index is 0.167. The molecule has 16 heavy (non-hydrogen) atoms. The lowest BCUT2D eigenvalue weighted by Gasteiger charge is -2.23. The van der Waals surface area contributed by atoms with Crippen LogP contribution in [0.25, 0.3) is 0 Å². The van der Waals surface area contributed by atoms with Crippen LogP contribution < -0.4 is 15.6 Å². The molecule has 1 aromatic heterocycles. The Balaban J connectivity index is 1.90. The molecule has 1 aliphatic heterocycles. The smallest absolute Gasteiger partial charge is 0.254 e. The third kappa shape index (κ3) is 3.06. The number of piperidine rings is 1. The highest BCUT2D eigenvalue weighted by molar-refractivity contribution is 5.08. The molecule has 1 saturated heterocycles. The predicted molar refractivity (Wildman–Crippen MR) is 60.7 cm³/mol. The van der Waals surface area contributed by atoms with Gasteiger partial charge in [0.1, 0.15) is 12.4 Å². The van der Waals surface area contributed by atoms with Crippen molar-refractivity contribution in [2.24, 2.45) is 0 Å². The maximum absolute atomic E-state index is 11.2. The molecular weight excluding hydrogens is 206 g/mol. The van der Waals surface area contributed by atoms with Gasteiger partial charge in [0.15, 0.2) is 0 Å². The Hall–Kier alpha value is -1.36. The van der Waals surface area contributed by atoms with Crippen molar-refractivity contribution < 1.29 is 4.74 Å². The van der Waals surface area contributed by atoms with E-state index in [1.165, 1.54) is 18.9 Å². The summed E-state index contributed by atoms with van der Waals surface area (Å²) in [6.45, 7) is 3.37. The summed E-state index contributed by atoms with van der Waals surface area (Å²) in [5.41, 5.74) is -0.167. The Labute approximate surface area is 94.2 Å². The van der Waals surface area contributed by atoms with E-state index >= 15 is 0 Å². The fourth-order valence-corrected chi connectivity index (χ4v) is 1.88. The third-order valence-electron chi connectivity index (χ3n) is 2.68. The van der Waals surface area contributed by atoms with Crippen LogP contribution in [0.15, 0.2) is 10.9 Å². The number of nitrogens with zero attached hydrogens (tertiary/aromatic N) is 1. The van der Waals surface area contributed by atoms with Gasteiger partial charge in [0.2, 0.25) is 5.88 Å². The number of hydrogen-bond donors (Lipinski definition) is 2. The van der Waals surface area contributed by atoms with Gasteiger partial charge in [-0.05, 0) is 26.3 Å². The quantitative estimate of drug-likeness (QED) is 0.787. The number of rotatable bonds is 3. The first-order valence-electron chi connectivity index (χ1n) is 5.68. The molecule has 2 N–H and O–H groups in total. The molecule has 1 fully saturated rings. The first-order chi connectivity index (χ1) is 7.74. The summed E-state index contributed by atoms with van der Waals surface area (Å²) in [7, 11) is 0. The van der Waals surface area contributed by atoms with E-state index in [1.54, 1.807) is 6.92 Å². The van der Waals surface area contributed by atoms with Crippen molar-refractivity contribution in [2.45, 2.75) is 32.2 Å². The van der Waals surface area contributed by atoms with Crippen LogP contribution in [0.4, 0.5) is 0 Å². The number of nitrogens with one attached hydrogen (secondary N) is 2. The molecule has 2 heterocycles. The number of H-pyrrole nitrogens is 1. The molecule has 5 heteroatoms. The molecular formula is C11H17N3O2. The van der Waals surface area contributed by atoms with Crippen LogP contribution in [0.2, 0.25) is 0 Å². The predicted octanol–water partition coefficient (Wildman–Crippen LogP) is 0.599. The minimum Gasteiger partial charge on any atom is -0.476 e. The topological polar surface area (TPSA) is 67.0 Å². The van der Waals surface area contributed by atoms with Crippen LogP contribution in [0.5, 0.6) is 5.88 Å². The summed E-state index contributed by atoms with van der Waals surface area (Å²) in [6.07, 6.45) is 3.60. The van der Waals surface area contributed by atoms with E-state index in [9.17, 15) is 4.79 Å². The van der Waals surface area contributed by atoms with Gasteiger partial charge in [-0.1, -0.05) is 6.42 Å². The zero-order valence-corrected chi connectivity index (χ0v) is 9.45. The van der Waals surface area contributed by atoms with Crippen LogP contribution in [0.3, 0.4) is 0 Å². The molecule has 88 valence electrons. The zero-order chi connectivity index (χ0) is 11.4. The molecule has 1 unspecified atom stereocenters. The number of aromatic nitrogens is 2. The average Bonchev–Trinajstić information content (AvgIpc) is 2.27. The van der Waals surface area contributed by atoms with Crippen LogP contribution in [-0.2, 0) is 0 Å². The van der Waals surface area contributed by atoms with E-state index in [4.69, 9.17) is 4.74 Å². The van der Waals surface area contributed by atoms with Crippen molar-refractivity contribution in [1.82, 2.24) is 15.3 Å². The second-order valence-electron chi connectivity index (χ2n) is 4.13. The molecule has 0 bridgehead atoms. The first-order valence-corrected chi connectivity index (χ1v) is 5.68. The lowest BCUT2D eigenvalue weighted by molar-refractivity contribution is 0.231. The lowest BCUT2D eigenvalue weighted by Crippen LogP contribution is -2.38. The molecule has 0 aliphatic carbocycles. The van der Waals surface area contributed by atoms with Crippen molar-refractivity contribution in [2.75, 3.05) is 13.2 Å². The van der Waals surface area contributed by atoms with Crippen molar-refractivity contribution in [3.05, 3.63) is 22.2 Å². The van der Waals surface area contributed by atoms with Gasteiger partial charge in [-0.3, -0.25) is 4.79 Å². The van der Waals surface area contributed by atoms with Crippen LogP contribution >= 0.6 is 0 Å². The minimum atomic E-state index is -0.167. The van der Waals surface area contributed by atoms with Crippen molar-refractivity contribution >= 4 is 0 Å². The highest BCUT2D eigenvalue weighted by Crippen LogP contribution is 2.09. The first kappa shape index (κ1) is 11.1. The maximum Gasteiger partial charge on any atom is 0.254 e. The number of aryl methyl sites for hydroxylation is 1. The second kappa shape index (κ2) is 5.12. The van der Waals surface area contributed by atoms with E-state index in [1.807, 2.05) is 0 Å². The molecule has 1 aliphatic rings. The van der Waals surface area contributed by atoms with Gasteiger partial charge in [0, 0.05) is 6.04 Å². The second-order valence-corrected chi connectivity index (χ2v) is 4.13. The summed E-state index contributed by atoms with van der Waals surface area (Å²) in [5, 5.41) is 3.38. The molecule has 0 saturated carbocycles. The molecule has 1 aromatic rings. The largest absolute Gasteiger partial charge is 0.476 e. The third-order valence-corrected chi connectivity index (χ3v) is 2.68. The summed E-state index contributed by atoms with van der Waals surface area (Å²) in [4.78, 5) is 17.9. The molecule has 5 nitrogen and oxygen atoms in total. The highest BCUT2D eigenvalue weighted by Gasteiger charge is 2.13.